The van der Waals surface area contributed by atoms with Crippen LogP contribution in [0.2, 0.25) is 5.02 Å². The smallest absolute Gasteiger partial charge is 0.146 e. The fourth-order valence-electron chi connectivity index (χ4n) is 1.12. The summed E-state index contributed by atoms with van der Waals surface area (Å²) in [4.78, 5) is 0. The number of hydrogen-bond acceptors (Lipinski definition) is 3. The first-order valence-electron chi connectivity index (χ1n) is 4.32. The lowest BCUT2D eigenvalue weighted by Crippen LogP contribution is -2.18. The second-order valence-corrected chi connectivity index (χ2v) is 3.31. The van der Waals surface area contributed by atoms with Crippen molar-refractivity contribution in [1.82, 2.24) is 0 Å². The standard InChI is InChI=1S/C10H14ClNO2/c1-13-7-14-6-10(12)8-4-2-3-5-9(8)11/h2-5,10H,6-7,12H2,1H3. The Morgan fingerprint density at radius 3 is 2.79 bits per heavy atom. The number of nitrogens with two attached hydrogens (primary N) is 1. The number of rotatable bonds is 5. The molecule has 1 rings (SSSR count). The molecule has 0 amide bonds. The Morgan fingerprint density at radius 2 is 2.14 bits per heavy atom. The highest BCUT2D eigenvalue weighted by Gasteiger charge is 2.08. The van der Waals surface area contributed by atoms with E-state index in [1.807, 2.05) is 24.3 Å². The maximum absolute atomic E-state index is 5.97. The molecule has 14 heavy (non-hydrogen) atoms. The monoisotopic (exact) mass is 215 g/mol. The highest BCUT2D eigenvalue weighted by molar-refractivity contribution is 6.31. The molecule has 0 radical (unpaired) electrons. The zero-order valence-electron chi connectivity index (χ0n) is 8.07. The van der Waals surface area contributed by atoms with E-state index in [9.17, 15) is 0 Å². The summed E-state index contributed by atoms with van der Waals surface area (Å²) in [6.07, 6.45) is 0. The Morgan fingerprint density at radius 1 is 1.43 bits per heavy atom. The normalized spacial score (nSPS) is 12.8. The topological polar surface area (TPSA) is 44.5 Å². The maximum Gasteiger partial charge on any atom is 0.146 e. The molecule has 0 aliphatic carbocycles. The zero-order valence-corrected chi connectivity index (χ0v) is 8.83. The Bertz CT molecular complexity index is 281. The van der Waals surface area contributed by atoms with Crippen LogP contribution in [0.1, 0.15) is 11.6 Å². The summed E-state index contributed by atoms with van der Waals surface area (Å²) in [5.74, 6) is 0. The molecule has 0 saturated heterocycles. The van der Waals surface area contributed by atoms with Gasteiger partial charge in [0, 0.05) is 12.1 Å². The average molecular weight is 216 g/mol. The van der Waals surface area contributed by atoms with Crippen LogP contribution >= 0.6 is 11.6 Å². The summed E-state index contributed by atoms with van der Waals surface area (Å²) >= 11 is 5.97. The van der Waals surface area contributed by atoms with Crippen molar-refractivity contribution in [3.05, 3.63) is 34.9 Å². The fraction of sp³-hybridized carbons (Fsp3) is 0.400. The highest BCUT2D eigenvalue weighted by Crippen LogP contribution is 2.20. The van der Waals surface area contributed by atoms with Crippen molar-refractivity contribution in [3.8, 4) is 0 Å². The van der Waals surface area contributed by atoms with Gasteiger partial charge in [0.2, 0.25) is 0 Å². The van der Waals surface area contributed by atoms with Crippen molar-refractivity contribution in [1.29, 1.82) is 0 Å². The zero-order chi connectivity index (χ0) is 10.4. The molecule has 3 nitrogen and oxygen atoms in total. The van der Waals surface area contributed by atoms with Crippen LogP contribution in [0.25, 0.3) is 0 Å². The molecule has 1 aromatic carbocycles. The molecule has 0 saturated carbocycles. The molecular weight excluding hydrogens is 202 g/mol. The molecule has 0 heterocycles. The van der Waals surface area contributed by atoms with Gasteiger partial charge in [0.1, 0.15) is 6.79 Å². The van der Waals surface area contributed by atoms with Crippen molar-refractivity contribution in [2.24, 2.45) is 5.73 Å². The van der Waals surface area contributed by atoms with Gasteiger partial charge in [-0.2, -0.15) is 0 Å². The van der Waals surface area contributed by atoms with Gasteiger partial charge < -0.3 is 15.2 Å². The number of benzene rings is 1. The highest BCUT2D eigenvalue weighted by atomic mass is 35.5. The summed E-state index contributed by atoms with van der Waals surface area (Å²) in [7, 11) is 1.57. The van der Waals surface area contributed by atoms with Crippen molar-refractivity contribution in [2.75, 3.05) is 20.5 Å². The Kier molecular flexibility index (Phi) is 4.90. The summed E-state index contributed by atoms with van der Waals surface area (Å²) in [5.41, 5.74) is 6.77. The molecule has 0 fully saturated rings. The van der Waals surface area contributed by atoms with Gasteiger partial charge in [-0.15, -0.1) is 0 Å². The molecule has 1 unspecified atom stereocenters. The summed E-state index contributed by atoms with van der Waals surface area (Å²) in [6.45, 7) is 0.649. The van der Waals surface area contributed by atoms with E-state index in [2.05, 4.69) is 0 Å². The van der Waals surface area contributed by atoms with Crippen LogP contribution < -0.4 is 5.73 Å². The van der Waals surface area contributed by atoms with Crippen LogP contribution in [0.3, 0.4) is 0 Å². The second-order valence-electron chi connectivity index (χ2n) is 2.91. The van der Waals surface area contributed by atoms with Crippen LogP contribution in [0.4, 0.5) is 0 Å². The van der Waals surface area contributed by atoms with E-state index in [-0.39, 0.29) is 12.8 Å². The van der Waals surface area contributed by atoms with E-state index < -0.39 is 0 Å². The van der Waals surface area contributed by atoms with Gasteiger partial charge >= 0.3 is 0 Å². The van der Waals surface area contributed by atoms with Crippen molar-refractivity contribution < 1.29 is 9.47 Å². The number of hydrogen-bond donors (Lipinski definition) is 1. The van der Waals surface area contributed by atoms with Crippen molar-refractivity contribution in [3.63, 3.8) is 0 Å². The van der Waals surface area contributed by atoms with E-state index in [1.54, 1.807) is 7.11 Å². The van der Waals surface area contributed by atoms with Gasteiger partial charge in [-0.05, 0) is 11.6 Å². The summed E-state index contributed by atoms with van der Waals surface area (Å²) < 4.78 is 9.90. The van der Waals surface area contributed by atoms with E-state index >= 15 is 0 Å². The van der Waals surface area contributed by atoms with Crippen LogP contribution in [0.15, 0.2) is 24.3 Å². The average Bonchev–Trinajstić information content (AvgIpc) is 2.18. The Balaban J connectivity index is 2.51. The van der Waals surface area contributed by atoms with Gasteiger partial charge in [-0.1, -0.05) is 29.8 Å². The van der Waals surface area contributed by atoms with Crippen molar-refractivity contribution >= 4 is 11.6 Å². The van der Waals surface area contributed by atoms with Crippen LogP contribution in [-0.4, -0.2) is 20.5 Å². The third-order valence-electron chi connectivity index (χ3n) is 1.80. The number of methoxy groups -OCH3 is 1. The third kappa shape index (κ3) is 3.27. The number of ether oxygens (including phenoxy) is 2. The van der Waals surface area contributed by atoms with E-state index in [0.717, 1.165) is 5.56 Å². The van der Waals surface area contributed by atoms with Gasteiger partial charge in [0.05, 0.1) is 12.6 Å². The van der Waals surface area contributed by atoms with Gasteiger partial charge in [0.15, 0.2) is 0 Å². The molecule has 1 aromatic rings. The minimum absolute atomic E-state index is 0.209. The Labute approximate surface area is 88.8 Å². The molecule has 78 valence electrons. The lowest BCUT2D eigenvalue weighted by molar-refractivity contribution is -0.0352. The van der Waals surface area contributed by atoms with Crippen LogP contribution in [0, 0.1) is 0 Å². The van der Waals surface area contributed by atoms with Gasteiger partial charge in [-0.25, -0.2) is 0 Å². The molecule has 0 aliphatic rings. The minimum Gasteiger partial charge on any atom is -0.359 e. The predicted molar refractivity (Wildman–Crippen MR) is 56.2 cm³/mol. The lowest BCUT2D eigenvalue weighted by atomic mass is 10.1. The second kappa shape index (κ2) is 5.98. The van der Waals surface area contributed by atoms with Crippen LogP contribution in [0.5, 0.6) is 0 Å². The Hall–Kier alpha value is -0.610. The largest absolute Gasteiger partial charge is 0.359 e. The molecule has 4 heteroatoms. The SMILES string of the molecule is COCOCC(N)c1ccccc1Cl. The quantitative estimate of drug-likeness (QED) is 0.603. The van der Waals surface area contributed by atoms with Gasteiger partial charge in [-0.3, -0.25) is 0 Å². The lowest BCUT2D eigenvalue weighted by Gasteiger charge is -2.13. The van der Waals surface area contributed by atoms with E-state index in [0.29, 0.717) is 11.6 Å². The first-order chi connectivity index (χ1) is 6.75. The van der Waals surface area contributed by atoms with Crippen LogP contribution in [-0.2, 0) is 9.47 Å². The van der Waals surface area contributed by atoms with E-state index in [1.165, 1.54) is 0 Å². The first kappa shape index (κ1) is 11.5. The molecule has 0 aromatic heterocycles. The number of halogens is 1. The molecule has 0 bridgehead atoms. The maximum atomic E-state index is 5.97. The first-order valence-corrected chi connectivity index (χ1v) is 4.70. The predicted octanol–water partition coefficient (Wildman–Crippen LogP) is 1.96. The summed E-state index contributed by atoms with van der Waals surface area (Å²) in [6, 6.07) is 7.26. The molecule has 0 spiro atoms. The molecule has 1 atom stereocenters. The minimum atomic E-state index is -0.209. The van der Waals surface area contributed by atoms with Gasteiger partial charge in [0.25, 0.3) is 0 Å². The van der Waals surface area contributed by atoms with Crippen molar-refractivity contribution in [2.45, 2.75) is 6.04 Å². The summed E-state index contributed by atoms with van der Waals surface area (Å²) in [5, 5.41) is 0.668. The molecule has 2 N–H and O–H groups in total. The molecular formula is C10H14ClNO2. The fourth-order valence-corrected chi connectivity index (χ4v) is 1.40. The van der Waals surface area contributed by atoms with E-state index in [4.69, 9.17) is 26.8 Å². The molecule has 0 aliphatic heterocycles. The third-order valence-corrected chi connectivity index (χ3v) is 2.15.